The zero-order valence-electron chi connectivity index (χ0n) is 25.7. The van der Waals surface area contributed by atoms with Crippen LogP contribution in [-0.4, -0.2) is 59.0 Å². The number of amides is 5. The molecule has 2 heterocycles. The Hall–Kier alpha value is -5.23. The number of ether oxygens (including phenoxy) is 2. The first kappa shape index (κ1) is 31.4. The van der Waals surface area contributed by atoms with Crippen LogP contribution in [0.3, 0.4) is 0 Å². The van der Waals surface area contributed by atoms with Gasteiger partial charge >= 0.3 is 6.09 Å². The van der Waals surface area contributed by atoms with Crippen molar-refractivity contribution in [2.75, 3.05) is 19.6 Å². The minimum Gasteiger partial charge on any atom is -0.508 e. The van der Waals surface area contributed by atoms with E-state index in [1.54, 1.807) is 42.5 Å². The number of hydrogen-bond acceptors (Lipinski definition) is 9. The van der Waals surface area contributed by atoms with Crippen molar-refractivity contribution in [3.8, 4) is 11.5 Å². The summed E-state index contributed by atoms with van der Waals surface area (Å²) in [5.41, 5.74) is 2.68. The lowest BCUT2D eigenvalue weighted by atomic mass is 9.49. The molecule has 6 unspecified atom stereocenters. The normalized spacial score (nSPS) is 27.7. The molecular weight excluding hydrogens is 645 g/mol. The summed E-state index contributed by atoms with van der Waals surface area (Å²) in [6, 6.07) is 16.2. The number of carbonyl (C=O) groups is 5. The number of allylic oxidation sites excluding steroid dienone is 2. The predicted molar refractivity (Wildman–Crippen MR) is 168 cm³/mol. The van der Waals surface area contributed by atoms with Gasteiger partial charge in [0.1, 0.15) is 17.3 Å². The number of methoxy groups -OCH3 is 2. The molecule has 4 aliphatic rings. The minimum atomic E-state index is -1.69. The van der Waals surface area contributed by atoms with Crippen molar-refractivity contribution >= 4 is 47.0 Å². The van der Waals surface area contributed by atoms with Crippen molar-refractivity contribution in [3.05, 3.63) is 100 Å². The lowest BCUT2D eigenvalue weighted by molar-refractivity contribution is -0.140. The Kier molecular flexibility index (Phi) is 7.50. The third-order valence-electron chi connectivity index (χ3n) is 10.2. The third kappa shape index (κ3) is 4.42. The molecule has 48 heavy (non-hydrogen) atoms. The molecule has 2 N–H and O–H groups in total. The number of hydrazine groups is 1. The highest BCUT2D eigenvalue weighted by Crippen LogP contribution is 2.65. The summed E-state index contributed by atoms with van der Waals surface area (Å²) in [6.45, 7) is 0. The van der Waals surface area contributed by atoms with Crippen LogP contribution >= 0.6 is 11.6 Å². The smallest absolute Gasteiger partial charge is 0.423 e. The highest BCUT2D eigenvalue weighted by molar-refractivity contribution is 6.30. The molecule has 0 radical (unpaired) electrons. The number of likely N-dealkylation sites (tertiary alicyclic amines) is 1. The van der Waals surface area contributed by atoms with Crippen LogP contribution in [0.2, 0.25) is 5.02 Å². The van der Waals surface area contributed by atoms with E-state index in [4.69, 9.17) is 21.1 Å². The summed E-state index contributed by atoms with van der Waals surface area (Å²) in [5.74, 6) is -7.95. The van der Waals surface area contributed by atoms with E-state index in [1.807, 2.05) is 0 Å². The van der Waals surface area contributed by atoms with Crippen LogP contribution in [0.4, 0.5) is 14.9 Å². The van der Waals surface area contributed by atoms with Gasteiger partial charge in [-0.3, -0.25) is 24.6 Å². The fourth-order valence-electron chi connectivity index (χ4n) is 8.16. The number of aromatic hydroxyl groups is 1. The summed E-state index contributed by atoms with van der Waals surface area (Å²) >= 11 is 6.29. The summed E-state index contributed by atoms with van der Waals surface area (Å²) < 4.78 is 24.0. The zero-order valence-corrected chi connectivity index (χ0v) is 26.4. The molecule has 6 atom stereocenters. The largest absolute Gasteiger partial charge is 0.508 e. The molecule has 2 aliphatic carbocycles. The molecule has 2 saturated heterocycles. The van der Waals surface area contributed by atoms with Gasteiger partial charge in [-0.15, -0.1) is 0 Å². The molecule has 0 spiro atoms. The Morgan fingerprint density at radius 3 is 2.33 bits per heavy atom. The number of fused-ring (bicyclic) bond motifs is 4. The standard InChI is InChI=1S/C35H29ClFN3O8/c1-47-21-11-14-27(41)25(15-21)29-22-12-13-23-28(32(44)39(30(23)42)34(46)48-2)24(22)16-26-31(43)40(38-20-9-7-19(37)8-10-20)33(45)35(26,29)17-3-5-18(36)6-4-17/h3-12,14-15,23-24,26,28-29,38,41H,13,16H2,1-2H3. The van der Waals surface area contributed by atoms with Crippen LogP contribution in [-0.2, 0) is 29.3 Å². The summed E-state index contributed by atoms with van der Waals surface area (Å²) in [7, 11) is 2.52. The Bertz CT molecular complexity index is 1920. The van der Waals surface area contributed by atoms with Gasteiger partial charge in [-0.1, -0.05) is 35.4 Å². The molecule has 0 aromatic heterocycles. The summed E-state index contributed by atoms with van der Waals surface area (Å²) in [6.07, 6.45) is 0.702. The Labute approximate surface area is 278 Å². The molecule has 3 aromatic carbocycles. The first-order chi connectivity index (χ1) is 23.0. The number of halogens is 2. The van der Waals surface area contributed by atoms with E-state index in [0.717, 1.165) is 12.1 Å². The molecule has 246 valence electrons. The average molecular weight is 674 g/mol. The Morgan fingerprint density at radius 2 is 1.67 bits per heavy atom. The van der Waals surface area contributed by atoms with E-state index in [1.165, 1.54) is 37.4 Å². The van der Waals surface area contributed by atoms with E-state index in [0.29, 0.717) is 26.8 Å². The van der Waals surface area contributed by atoms with Crippen LogP contribution in [0.5, 0.6) is 11.5 Å². The number of carbonyl (C=O) groups excluding carboxylic acids is 5. The monoisotopic (exact) mass is 673 g/mol. The maximum atomic E-state index is 15.1. The average Bonchev–Trinajstić information content (AvgIpc) is 3.47. The van der Waals surface area contributed by atoms with Gasteiger partial charge in [-0.2, -0.15) is 9.91 Å². The molecule has 5 amide bonds. The van der Waals surface area contributed by atoms with Crippen LogP contribution in [0.15, 0.2) is 78.4 Å². The van der Waals surface area contributed by atoms with Gasteiger partial charge in [0.05, 0.1) is 43.1 Å². The zero-order chi connectivity index (χ0) is 34.1. The van der Waals surface area contributed by atoms with Gasteiger partial charge in [0.15, 0.2) is 0 Å². The summed E-state index contributed by atoms with van der Waals surface area (Å²) in [5, 5.41) is 12.7. The fourth-order valence-corrected chi connectivity index (χ4v) is 8.29. The van der Waals surface area contributed by atoms with Crippen molar-refractivity contribution in [2.24, 2.45) is 23.7 Å². The number of nitrogens with zero attached hydrogens (tertiary/aromatic N) is 2. The summed E-state index contributed by atoms with van der Waals surface area (Å²) in [4.78, 5) is 70.0. The van der Waals surface area contributed by atoms with Crippen LogP contribution in [0, 0.1) is 29.5 Å². The number of hydrogen-bond donors (Lipinski definition) is 2. The maximum Gasteiger partial charge on any atom is 0.423 e. The second-order valence-corrected chi connectivity index (χ2v) is 12.7. The molecular formula is C35H29ClFN3O8. The van der Waals surface area contributed by atoms with Gasteiger partial charge in [-0.25, -0.2) is 9.18 Å². The van der Waals surface area contributed by atoms with Crippen LogP contribution in [0.1, 0.15) is 29.9 Å². The number of phenols is 1. The first-order valence-corrected chi connectivity index (χ1v) is 15.6. The van der Waals surface area contributed by atoms with Crippen LogP contribution < -0.4 is 10.2 Å². The van der Waals surface area contributed by atoms with E-state index in [-0.39, 0.29) is 29.8 Å². The molecule has 2 aliphatic heterocycles. The predicted octanol–water partition coefficient (Wildman–Crippen LogP) is 4.94. The van der Waals surface area contributed by atoms with E-state index in [2.05, 4.69) is 5.43 Å². The maximum absolute atomic E-state index is 15.1. The second-order valence-electron chi connectivity index (χ2n) is 12.3. The topological polar surface area (TPSA) is 143 Å². The highest BCUT2D eigenvalue weighted by atomic mass is 35.5. The second kappa shape index (κ2) is 11.5. The van der Waals surface area contributed by atoms with E-state index < -0.39 is 70.5 Å². The van der Waals surface area contributed by atoms with Crippen molar-refractivity contribution in [1.29, 1.82) is 0 Å². The number of anilines is 1. The number of nitrogens with one attached hydrogen (secondary N) is 1. The van der Waals surface area contributed by atoms with Gasteiger partial charge in [0.2, 0.25) is 11.8 Å². The minimum absolute atomic E-state index is 0.0446. The number of imide groups is 4. The molecule has 11 nitrogen and oxygen atoms in total. The molecule has 1 saturated carbocycles. The first-order valence-electron chi connectivity index (χ1n) is 15.2. The SMILES string of the molecule is COC(=O)N1C(=O)C2CC=C3C(CC4C(=O)N(Nc5ccc(F)cc5)C(=O)C4(c4ccc(Cl)cc4)C3c3cc(OC)ccc3O)C2C1=O. The lowest BCUT2D eigenvalue weighted by Gasteiger charge is -2.50. The molecule has 13 heteroatoms. The van der Waals surface area contributed by atoms with Gasteiger partial charge in [-0.05, 0) is 78.9 Å². The Balaban J connectivity index is 1.48. The van der Waals surface area contributed by atoms with Crippen molar-refractivity contribution < 1.29 is 42.9 Å². The molecule has 3 aromatic rings. The van der Waals surface area contributed by atoms with Gasteiger partial charge < -0.3 is 14.6 Å². The molecule has 7 rings (SSSR count). The van der Waals surface area contributed by atoms with Crippen molar-refractivity contribution in [1.82, 2.24) is 9.91 Å². The van der Waals surface area contributed by atoms with Crippen molar-refractivity contribution in [2.45, 2.75) is 24.2 Å². The number of benzene rings is 3. The van der Waals surface area contributed by atoms with Gasteiger partial charge in [0.25, 0.3) is 11.8 Å². The van der Waals surface area contributed by atoms with Gasteiger partial charge in [0, 0.05) is 16.5 Å². The highest BCUT2D eigenvalue weighted by Gasteiger charge is 2.71. The third-order valence-corrected chi connectivity index (χ3v) is 10.4. The Morgan fingerprint density at radius 1 is 0.958 bits per heavy atom. The lowest BCUT2D eigenvalue weighted by Crippen LogP contribution is -2.53. The van der Waals surface area contributed by atoms with Crippen molar-refractivity contribution in [3.63, 3.8) is 0 Å². The van der Waals surface area contributed by atoms with E-state index in [9.17, 15) is 28.7 Å². The molecule has 3 fully saturated rings. The fraction of sp³-hybridized carbons (Fsp3) is 0.286. The molecule has 0 bridgehead atoms. The number of phenolic OH excluding ortho intramolecular Hbond substituents is 1. The van der Waals surface area contributed by atoms with E-state index >= 15 is 4.79 Å². The van der Waals surface area contributed by atoms with Crippen LogP contribution in [0.25, 0.3) is 0 Å². The number of rotatable bonds is 5. The quantitative estimate of drug-likeness (QED) is 0.284.